The van der Waals surface area contributed by atoms with Crippen molar-refractivity contribution in [1.82, 2.24) is 4.13 Å². The second kappa shape index (κ2) is 4.90. The number of nitrogens with one attached hydrogen (secondary N) is 1. The maximum absolute atomic E-state index is 11.1. The van der Waals surface area contributed by atoms with Gasteiger partial charge in [0.25, 0.3) is 0 Å². The van der Waals surface area contributed by atoms with Crippen molar-refractivity contribution < 1.29 is 9.53 Å². The summed E-state index contributed by atoms with van der Waals surface area (Å²) in [6.07, 6.45) is 0. The molecule has 0 aliphatic carbocycles. The van der Waals surface area contributed by atoms with Gasteiger partial charge in [0.1, 0.15) is 4.75 Å². The highest BCUT2D eigenvalue weighted by Gasteiger charge is 2.29. The van der Waals surface area contributed by atoms with E-state index < -0.39 is 4.75 Å². The van der Waals surface area contributed by atoms with E-state index in [1.165, 1.54) is 11.9 Å². The molecule has 0 rings (SSSR count). The van der Waals surface area contributed by atoms with Crippen molar-refractivity contribution in [2.45, 2.75) is 25.5 Å². The van der Waals surface area contributed by atoms with Crippen LogP contribution in [0.15, 0.2) is 0 Å². The fourth-order valence-corrected chi connectivity index (χ4v) is 1.52. The first-order valence-electron chi connectivity index (χ1n) is 3.29. The highest BCUT2D eigenvalue weighted by Crippen LogP contribution is 2.22. The van der Waals surface area contributed by atoms with E-state index in [0.717, 1.165) is 0 Å². The molecular formula is C6H13NO2S2. The van der Waals surface area contributed by atoms with Crippen LogP contribution in [0.2, 0.25) is 0 Å². The Morgan fingerprint density at radius 2 is 2.27 bits per heavy atom. The molecule has 0 aromatic rings. The smallest absolute Gasteiger partial charge is 0.322 e. The van der Waals surface area contributed by atoms with Crippen LogP contribution in [-0.2, 0) is 9.53 Å². The van der Waals surface area contributed by atoms with E-state index in [9.17, 15) is 4.79 Å². The quantitative estimate of drug-likeness (QED) is 0.404. The molecule has 0 bridgehead atoms. The molecule has 0 amide bonds. The number of hydrogen-bond acceptors (Lipinski definition) is 5. The van der Waals surface area contributed by atoms with Gasteiger partial charge in [-0.3, -0.25) is 4.79 Å². The molecule has 0 aromatic carbocycles. The Balaban J connectivity index is 3.94. The number of ether oxygens (including phenoxy) is 1. The number of hydrogen-bond donors (Lipinski definition) is 2. The Labute approximate surface area is 76.9 Å². The van der Waals surface area contributed by atoms with Gasteiger partial charge in [0.2, 0.25) is 0 Å². The maximum atomic E-state index is 11.1. The fourth-order valence-electron chi connectivity index (χ4n) is 0.461. The number of carbonyl (C=O) groups is 1. The predicted molar refractivity (Wildman–Crippen MR) is 50.4 cm³/mol. The Morgan fingerprint density at radius 1 is 1.73 bits per heavy atom. The lowest BCUT2D eigenvalue weighted by atomic mass is 10.2. The molecule has 0 heterocycles. The fraction of sp³-hybridized carbons (Fsp3) is 0.833. The van der Waals surface area contributed by atoms with Crippen LogP contribution in [0, 0.1) is 0 Å². The zero-order valence-corrected chi connectivity index (χ0v) is 8.59. The van der Waals surface area contributed by atoms with Gasteiger partial charge in [0, 0.05) is 0 Å². The summed E-state index contributed by atoms with van der Waals surface area (Å²) in [5.74, 6) is -0.230. The first-order valence-corrected chi connectivity index (χ1v) is 4.55. The molecule has 0 aliphatic heterocycles. The average Bonchev–Trinajstić information content (AvgIpc) is 1.88. The minimum absolute atomic E-state index is 0.230. The Bertz CT molecular complexity index is 139. The molecule has 0 saturated carbocycles. The van der Waals surface area contributed by atoms with Crippen molar-refractivity contribution in [2.75, 3.05) is 6.61 Å². The third-order valence-electron chi connectivity index (χ3n) is 1.07. The van der Waals surface area contributed by atoms with E-state index >= 15 is 0 Å². The summed E-state index contributed by atoms with van der Waals surface area (Å²) in [7, 11) is 0. The van der Waals surface area contributed by atoms with E-state index in [-0.39, 0.29) is 5.97 Å². The topological polar surface area (TPSA) is 38.3 Å². The third-order valence-corrected chi connectivity index (χ3v) is 2.11. The maximum Gasteiger partial charge on any atom is 0.322 e. The van der Waals surface area contributed by atoms with E-state index in [1.807, 2.05) is 0 Å². The molecule has 1 N–H and O–H groups in total. The minimum Gasteiger partial charge on any atom is -0.465 e. The molecule has 0 fully saturated rings. The van der Waals surface area contributed by atoms with Gasteiger partial charge in [-0.2, -0.15) is 0 Å². The molecule has 11 heavy (non-hydrogen) atoms. The van der Waals surface area contributed by atoms with Crippen LogP contribution < -0.4 is 4.13 Å². The van der Waals surface area contributed by atoms with Crippen LogP contribution in [0.25, 0.3) is 0 Å². The van der Waals surface area contributed by atoms with Gasteiger partial charge < -0.3 is 4.74 Å². The molecule has 5 heteroatoms. The van der Waals surface area contributed by atoms with Gasteiger partial charge in [0.05, 0.1) is 6.61 Å². The van der Waals surface area contributed by atoms with Crippen molar-refractivity contribution in [3.63, 3.8) is 0 Å². The molecule has 0 radical (unpaired) electrons. The lowest BCUT2D eigenvalue weighted by Gasteiger charge is -2.19. The zero-order chi connectivity index (χ0) is 8.91. The summed E-state index contributed by atoms with van der Waals surface area (Å²) in [4.78, 5) is 11.1. The van der Waals surface area contributed by atoms with E-state index in [1.54, 1.807) is 20.8 Å². The van der Waals surface area contributed by atoms with Crippen molar-refractivity contribution in [3.05, 3.63) is 0 Å². The van der Waals surface area contributed by atoms with Gasteiger partial charge >= 0.3 is 5.97 Å². The number of thiol groups is 1. The standard InChI is InChI=1S/C6H13NO2S2/c1-4-9-5(8)6(2,3)11-7-10/h7,10H,4H2,1-3H3. The minimum atomic E-state index is -0.572. The molecular weight excluding hydrogens is 182 g/mol. The van der Waals surface area contributed by atoms with Gasteiger partial charge in [0.15, 0.2) is 0 Å². The molecule has 0 saturated heterocycles. The second-order valence-electron chi connectivity index (χ2n) is 2.42. The number of esters is 1. The van der Waals surface area contributed by atoms with E-state index in [4.69, 9.17) is 4.74 Å². The van der Waals surface area contributed by atoms with Crippen LogP contribution >= 0.6 is 24.8 Å². The normalized spacial score (nSPS) is 11.3. The average molecular weight is 195 g/mol. The summed E-state index contributed by atoms with van der Waals surface area (Å²) < 4.78 is 6.81. The largest absolute Gasteiger partial charge is 0.465 e. The lowest BCUT2D eigenvalue weighted by Crippen LogP contribution is -2.31. The molecule has 66 valence electrons. The highest BCUT2D eigenvalue weighted by molar-refractivity contribution is 8.07. The molecule has 0 aromatic heterocycles. The van der Waals surface area contributed by atoms with Gasteiger partial charge in [-0.1, -0.05) is 24.8 Å². The Morgan fingerprint density at radius 3 is 2.64 bits per heavy atom. The van der Waals surface area contributed by atoms with E-state index in [0.29, 0.717) is 6.61 Å². The van der Waals surface area contributed by atoms with Gasteiger partial charge in [-0.05, 0) is 20.8 Å². The SMILES string of the molecule is CCOC(=O)C(C)(C)SNS. The van der Waals surface area contributed by atoms with Crippen LogP contribution in [-0.4, -0.2) is 17.3 Å². The first-order chi connectivity index (χ1) is 5.04. The highest BCUT2D eigenvalue weighted by atomic mass is 32.2. The molecule has 0 unspecified atom stereocenters. The second-order valence-corrected chi connectivity index (χ2v) is 4.38. The molecule has 3 nitrogen and oxygen atoms in total. The molecule has 0 spiro atoms. The number of carbonyl (C=O) groups excluding carboxylic acids is 1. The van der Waals surface area contributed by atoms with Crippen LogP contribution in [0.5, 0.6) is 0 Å². The predicted octanol–water partition coefficient (Wildman–Crippen LogP) is 1.41. The number of rotatable bonds is 4. The Kier molecular flexibility index (Phi) is 4.96. The monoisotopic (exact) mass is 195 g/mol. The van der Waals surface area contributed by atoms with Crippen molar-refractivity contribution in [3.8, 4) is 0 Å². The summed E-state index contributed by atoms with van der Waals surface area (Å²) >= 11 is 5.00. The lowest BCUT2D eigenvalue weighted by molar-refractivity contribution is -0.145. The Hall–Kier alpha value is 0.130. The summed E-state index contributed by atoms with van der Waals surface area (Å²) in [6.45, 7) is 5.75. The van der Waals surface area contributed by atoms with Crippen LogP contribution in [0.4, 0.5) is 0 Å². The van der Waals surface area contributed by atoms with E-state index in [2.05, 4.69) is 16.9 Å². The molecule has 0 aliphatic rings. The summed E-state index contributed by atoms with van der Waals surface area (Å²) in [5.41, 5.74) is 0. The van der Waals surface area contributed by atoms with Crippen LogP contribution in [0.1, 0.15) is 20.8 Å². The molecule has 0 atom stereocenters. The third kappa shape index (κ3) is 3.88. The van der Waals surface area contributed by atoms with Gasteiger partial charge in [-0.15, -0.1) is 0 Å². The summed E-state index contributed by atoms with van der Waals surface area (Å²) in [5, 5.41) is 0. The van der Waals surface area contributed by atoms with Crippen molar-refractivity contribution in [2.24, 2.45) is 0 Å². The van der Waals surface area contributed by atoms with Gasteiger partial charge in [-0.25, -0.2) is 4.13 Å². The van der Waals surface area contributed by atoms with Crippen molar-refractivity contribution in [1.29, 1.82) is 0 Å². The van der Waals surface area contributed by atoms with Crippen LogP contribution in [0.3, 0.4) is 0 Å². The zero-order valence-electron chi connectivity index (χ0n) is 6.88. The first kappa shape index (κ1) is 11.1. The van der Waals surface area contributed by atoms with Crippen molar-refractivity contribution >= 4 is 30.7 Å². The summed E-state index contributed by atoms with van der Waals surface area (Å²) in [6, 6.07) is 0.